The van der Waals surface area contributed by atoms with Crippen molar-refractivity contribution in [3.63, 3.8) is 0 Å². The van der Waals surface area contributed by atoms with Crippen molar-refractivity contribution in [3.8, 4) is 0 Å². The molecule has 0 radical (unpaired) electrons. The number of nitrogens with one attached hydrogen (secondary N) is 1. The zero-order valence-corrected chi connectivity index (χ0v) is 20.7. The Balaban J connectivity index is 1.72. The van der Waals surface area contributed by atoms with Crippen LogP contribution in [0.3, 0.4) is 0 Å². The Bertz CT molecular complexity index is 1190. The van der Waals surface area contributed by atoms with Gasteiger partial charge in [0.2, 0.25) is 0 Å². The smallest absolute Gasteiger partial charge is 0.338 e. The fraction of sp³-hybridized carbons (Fsp3) is 0.391. The number of hydrogen-bond donors (Lipinski definition) is 2. The Hall–Kier alpha value is -2.93. The molecule has 13 heteroatoms. The number of hydrogen-bond acceptors (Lipinski definition) is 9. The molecule has 1 aromatic heterocycles. The molecule has 1 fully saturated rings. The van der Waals surface area contributed by atoms with E-state index in [1.54, 1.807) is 23.4 Å². The summed E-state index contributed by atoms with van der Waals surface area (Å²) in [7, 11) is 0. The van der Waals surface area contributed by atoms with Crippen molar-refractivity contribution in [1.82, 2.24) is 15.2 Å². The molecule has 0 saturated carbocycles. The molecule has 0 bridgehead atoms. The number of amidine groups is 1. The second-order valence-corrected chi connectivity index (χ2v) is 9.38. The number of nitrogens with zero attached hydrogens (tertiary/aromatic N) is 3. The van der Waals surface area contributed by atoms with Gasteiger partial charge in [-0.3, -0.25) is 9.89 Å². The fourth-order valence-electron chi connectivity index (χ4n) is 4.06. The van der Waals surface area contributed by atoms with Gasteiger partial charge in [0.25, 0.3) is 0 Å². The molecule has 2 aromatic rings. The van der Waals surface area contributed by atoms with E-state index in [0.29, 0.717) is 22.1 Å². The van der Waals surface area contributed by atoms with Gasteiger partial charge in [0.15, 0.2) is 10.8 Å². The molecule has 3 atom stereocenters. The van der Waals surface area contributed by atoms with Crippen LogP contribution in [-0.4, -0.2) is 77.9 Å². The van der Waals surface area contributed by atoms with Crippen LogP contribution >= 0.6 is 22.9 Å². The first-order valence-corrected chi connectivity index (χ1v) is 12.3. The number of aliphatic imine (C=N–C) groups is 1. The zero-order chi connectivity index (χ0) is 25.8. The number of benzene rings is 1. The number of aliphatic carboxylic acids is 1. The van der Waals surface area contributed by atoms with E-state index >= 15 is 0 Å². The molecule has 36 heavy (non-hydrogen) atoms. The highest BCUT2D eigenvalue weighted by atomic mass is 35.5. The number of carbonyl (C=O) groups is 2. The van der Waals surface area contributed by atoms with E-state index in [4.69, 9.17) is 26.2 Å². The summed E-state index contributed by atoms with van der Waals surface area (Å²) in [6.07, 6.45) is -0.729. The maximum atomic E-state index is 14.6. The minimum atomic E-state index is -1.41. The first-order chi connectivity index (χ1) is 17.3. The van der Waals surface area contributed by atoms with E-state index in [0.717, 1.165) is 6.07 Å². The Morgan fingerprint density at radius 1 is 1.36 bits per heavy atom. The Kier molecular flexibility index (Phi) is 8.29. The van der Waals surface area contributed by atoms with Crippen molar-refractivity contribution in [2.24, 2.45) is 4.99 Å². The first-order valence-electron chi connectivity index (χ1n) is 11.1. The molecule has 1 aromatic carbocycles. The lowest BCUT2D eigenvalue weighted by atomic mass is 9.95. The van der Waals surface area contributed by atoms with E-state index in [-0.39, 0.29) is 36.8 Å². The highest BCUT2D eigenvalue weighted by molar-refractivity contribution is 7.11. The Morgan fingerprint density at radius 2 is 2.17 bits per heavy atom. The van der Waals surface area contributed by atoms with Crippen molar-refractivity contribution in [2.75, 3.05) is 32.8 Å². The molecule has 2 aliphatic rings. The normalized spacial score (nSPS) is 22.3. The molecule has 2 N–H and O–H groups in total. The minimum absolute atomic E-state index is 0.0305. The van der Waals surface area contributed by atoms with E-state index in [1.807, 2.05) is 0 Å². The predicted molar refractivity (Wildman–Crippen MR) is 128 cm³/mol. The number of esters is 1. The molecular weight excluding hydrogens is 518 g/mol. The monoisotopic (exact) mass is 540 g/mol. The number of aromatic nitrogens is 1. The number of carboxylic acids is 1. The van der Waals surface area contributed by atoms with Crippen molar-refractivity contribution in [2.45, 2.75) is 25.2 Å². The van der Waals surface area contributed by atoms with Gasteiger partial charge in [-0.05, 0) is 19.1 Å². The maximum absolute atomic E-state index is 14.6. The van der Waals surface area contributed by atoms with Crippen molar-refractivity contribution in [3.05, 3.63) is 62.5 Å². The van der Waals surface area contributed by atoms with Crippen LogP contribution < -0.4 is 5.32 Å². The number of carboxylic acid groups (broad SMARTS) is 1. The molecule has 1 saturated heterocycles. The van der Waals surface area contributed by atoms with E-state index in [2.05, 4.69) is 15.3 Å². The summed E-state index contributed by atoms with van der Waals surface area (Å²) in [4.78, 5) is 34.6. The lowest BCUT2D eigenvalue weighted by Crippen LogP contribution is -2.39. The van der Waals surface area contributed by atoms with Crippen LogP contribution in [0.1, 0.15) is 23.5 Å². The van der Waals surface area contributed by atoms with Crippen LogP contribution in [0.25, 0.3) is 0 Å². The van der Waals surface area contributed by atoms with Gasteiger partial charge in [-0.25, -0.2) is 23.4 Å². The third-order valence-electron chi connectivity index (χ3n) is 5.59. The summed E-state index contributed by atoms with van der Waals surface area (Å²) in [5.74, 6) is -2.01. The van der Waals surface area contributed by atoms with Crippen LogP contribution in [-0.2, 0) is 19.1 Å². The molecule has 192 valence electrons. The number of carbonyl (C=O) groups excluding carboxylic acids is 1. The van der Waals surface area contributed by atoms with Gasteiger partial charge in [0.1, 0.15) is 30.7 Å². The average Bonchev–Trinajstić information content (AvgIpc) is 3.47. The van der Waals surface area contributed by atoms with Gasteiger partial charge in [0, 0.05) is 47.5 Å². The van der Waals surface area contributed by atoms with Crippen LogP contribution in [0.2, 0.25) is 5.02 Å². The summed E-state index contributed by atoms with van der Waals surface area (Å²) >= 11 is 7.68. The largest absolute Gasteiger partial charge is 0.480 e. The fourth-order valence-corrected chi connectivity index (χ4v) is 4.92. The predicted octanol–water partition coefficient (Wildman–Crippen LogP) is 2.97. The van der Waals surface area contributed by atoms with E-state index in [1.165, 1.54) is 23.5 Å². The third kappa shape index (κ3) is 5.89. The van der Waals surface area contributed by atoms with Gasteiger partial charge >= 0.3 is 11.9 Å². The highest BCUT2D eigenvalue weighted by Gasteiger charge is 2.38. The van der Waals surface area contributed by atoms with Gasteiger partial charge in [-0.2, -0.15) is 0 Å². The van der Waals surface area contributed by atoms with Gasteiger partial charge in [-0.1, -0.05) is 17.7 Å². The topological polar surface area (TPSA) is 113 Å². The molecule has 0 spiro atoms. The van der Waals surface area contributed by atoms with Gasteiger partial charge in [-0.15, -0.1) is 11.3 Å². The third-order valence-corrected chi connectivity index (χ3v) is 6.70. The second kappa shape index (κ2) is 11.4. The van der Waals surface area contributed by atoms with Crippen molar-refractivity contribution in [1.29, 1.82) is 0 Å². The minimum Gasteiger partial charge on any atom is -0.480 e. The zero-order valence-electron chi connectivity index (χ0n) is 19.1. The first kappa shape index (κ1) is 26.1. The van der Waals surface area contributed by atoms with E-state index < -0.39 is 42.7 Å². The number of ether oxygens (including phenoxy) is 2. The molecule has 3 heterocycles. The highest BCUT2D eigenvalue weighted by Crippen LogP contribution is 2.37. The lowest BCUT2D eigenvalue weighted by molar-refractivity contribution is -0.145. The quantitative estimate of drug-likeness (QED) is 0.467. The second-order valence-electron chi connectivity index (χ2n) is 8.07. The molecular formula is C23H23ClF2N4O5S. The number of halogens is 3. The molecule has 9 nitrogen and oxygen atoms in total. The standard InChI is InChI=1S/C23H23ClF2N4O5S/c1-2-34-23(33)19-16(9-30-8-15(26)17(10-30)35-11-18(31)32)28-21(22-27-5-6-36-22)29-20(19)13-4-3-12(25)7-14(13)24/h3-7,15,17,20H,2,8-11H2,1H3,(H,28,29)(H,31,32)/t15-,17?,20?/m1/s1. The lowest BCUT2D eigenvalue weighted by Gasteiger charge is -2.29. The molecule has 2 unspecified atom stereocenters. The van der Waals surface area contributed by atoms with Gasteiger partial charge < -0.3 is 19.9 Å². The summed E-state index contributed by atoms with van der Waals surface area (Å²) in [6, 6.07) is 2.88. The summed E-state index contributed by atoms with van der Waals surface area (Å²) in [5, 5.41) is 14.4. The average molecular weight is 541 g/mol. The summed E-state index contributed by atoms with van der Waals surface area (Å²) in [6.45, 7) is 1.32. The van der Waals surface area contributed by atoms with Gasteiger partial charge in [0.05, 0.1) is 12.2 Å². The summed E-state index contributed by atoms with van der Waals surface area (Å²) < 4.78 is 38.9. The number of rotatable bonds is 9. The van der Waals surface area contributed by atoms with Crippen molar-refractivity contribution < 1.29 is 33.0 Å². The molecule has 4 rings (SSSR count). The molecule has 0 aliphatic carbocycles. The van der Waals surface area contributed by atoms with E-state index in [9.17, 15) is 18.4 Å². The van der Waals surface area contributed by atoms with Crippen LogP contribution in [0.4, 0.5) is 8.78 Å². The SMILES string of the molecule is CCOC(=O)C1=C(CN2CC(OCC(=O)O)[C@H](F)C2)NC(c2nccs2)=NC1c1ccc(F)cc1Cl. The Labute approximate surface area is 214 Å². The number of likely N-dealkylation sites (tertiary alicyclic amines) is 1. The molecule has 2 aliphatic heterocycles. The van der Waals surface area contributed by atoms with Crippen LogP contribution in [0.15, 0.2) is 46.0 Å². The van der Waals surface area contributed by atoms with Crippen LogP contribution in [0.5, 0.6) is 0 Å². The Morgan fingerprint density at radius 3 is 2.83 bits per heavy atom. The number of thiazole rings is 1. The number of alkyl halides is 1. The van der Waals surface area contributed by atoms with Crippen LogP contribution in [0, 0.1) is 5.82 Å². The maximum Gasteiger partial charge on any atom is 0.338 e. The molecule has 0 amide bonds. The summed E-state index contributed by atoms with van der Waals surface area (Å²) in [5.41, 5.74) is 0.933. The van der Waals surface area contributed by atoms with Crippen molar-refractivity contribution >= 4 is 40.7 Å².